The summed E-state index contributed by atoms with van der Waals surface area (Å²) in [7, 11) is 4.03. The minimum atomic E-state index is -0.183. The van der Waals surface area contributed by atoms with Crippen LogP contribution in [-0.4, -0.2) is 61.9 Å². The summed E-state index contributed by atoms with van der Waals surface area (Å²) in [5.74, 6) is 0. The van der Waals surface area contributed by atoms with Crippen molar-refractivity contribution in [2.75, 3.05) is 45.3 Å². The van der Waals surface area contributed by atoms with E-state index in [9.17, 15) is 0 Å². The summed E-state index contributed by atoms with van der Waals surface area (Å²) in [5.41, 5.74) is 13.5. The first kappa shape index (κ1) is 22.8. The van der Waals surface area contributed by atoms with Gasteiger partial charge < -0.3 is 20.7 Å². The van der Waals surface area contributed by atoms with Gasteiger partial charge in [-0.1, -0.05) is 18.2 Å². The maximum absolute atomic E-state index is 6.56. The minimum absolute atomic E-state index is 0.183. The van der Waals surface area contributed by atoms with Crippen LogP contribution in [0, 0.1) is 0 Å². The van der Waals surface area contributed by atoms with E-state index in [2.05, 4.69) is 52.5 Å². The molecular formula is C27H39N5O. The number of fused-ring (bicyclic) bond motifs is 2. The molecule has 3 heterocycles. The number of rotatable bonds is 6. The maximum Gasteiger partial charge on any atom is 0.0643 e. The van der Waals surface area contributed by atoms with Gasteiger partial charge in [0.2, 0.25) is 0 Å². The number of anilines is 1. The average Bonchev–Trinajstić information content (AvgIpc) is 2.84. The van der Waals surface area contributed by atoms with Crippen LogP contribution in [0.1, 0.15) is 54.1 Å². The molecule has 178 valence electrons. The van der Waals surface area contributed by atoms with Gasteiger partial charge in [0.1, 0.15) is 0 Å². The molecular weight excluding hydrogens is 410 g/mol. The summed E-state index contributed by atoms with van der Waals surface area (Å²) in [6.45, 7) is 4.62. The highest BCUT2D eigenvalue weighted by molar-refractivity contribution is 5.58. The normalized spacial score (nSPS) is 24.4. The van der Waals surface area contributed by atoms with Crippen LogP contribution in [0.2, 0.25) is 0 Å². The Hall–Kier alpha value is -1.99. The lowest BCUT2D eigenvalue weighted by Gasteiger charge is -2.42. The average molecular weight is 450 g/mol. The third-order valence-corrected chi connectivity index (χ3v) is 8.02. The molecule has 0 amide bonds. The number of methoxy groups -OCH3 is 1. The highest BCUT2D eigenvalue weighted by Gasteiger charge is 2.33. The lowest BCUT2D eigenvalue weighted by Crippen LogP contribution is -2.53. The van der Waals surface area contributed by atoms with E-state index < -0.39 is 0 Å². The Bertz CT molecular complexity index is 955. The van der Waals surface area contributed by atoms with E-state index in [1.165, 1.54) is 40.9 Å². The molecule has 0 radical (unpaired) electrons. The van der Waals surface area contributed by atoms with Crippen LogP contribution in [0.3, 0.4) is 0 Å². The van der Waals surface area contributed by atoms with Gasteiger partial charge in [0.05, 0.1) is 18.3 Å². The molecule has 1 aliphatic carbocycles. The van der Waals surface area contributed by atoms with Gasteiger partial charge >= 0.3 is 0 Å². The van der Waals surface area contributed by atoms with Crippen LogP contribution in [0.15, 0.2) is 36.5 Å². The van der Waals surface area contributed by atoms with Gasteiger partial charge in [0.25, 0.3) is 0 Å². The quantitative estimate of drug-likeness (QED) is 0.707. The molecule has 6 heteroatoms. The molecule has 3 aliphatic rings. The Balaban J connectivity index is 1.28. The number of nitrogens with one attached hydrogen (secondary N) is 1. The Morgan fingerprint density at radius 3 is 2.85 bits per heavy atom. The topological polar surface area (TPSA) is 66.7 Å². The Morgan fingerprint density at radius 1 is 1.21 bits per heavy atom. The monoisotopic (exact) mass is 449 g/mol. The van der Waals surface area contributed by atoms with Crippen molar-refractivity contribution < 1.29 is 4.74 Å². The molecule has 2 aliphatic heterocycles. The van der Waals surface area contributed by atoms with E-state index in [0.717, 1.165) is 51.9 Å². The third kappa shape index (κ3) is 4.80. The first-order valence-corrected chi connectivity index (χ1v) is 12.6. The fourth-order valence-electron chi connectivity index (χ4n) is 6.13. The zero-order valence-electron chi connectivity index (χ0n) is 20.2. The number of hydrogen-bond acceptors (Lipinski definition) is 6. The van der Waals surface area contributed by atoms with Crippen molar-refractivity contribution in [3.8, 4) is 0 Å². The number of pyridine rings is 1. The highest BCUT2D eigenvalue weighted by Crippen LogP contribution is 2.34. The van der Waals surface area contributed by atoms with Crippen molar-refractivity contribution in [2.45, 2.75) is 62.7 Å². The number of nitrogens with zero attached hydrogens (tertiary/aromatic N) is 3. The molecule has 0 spiro atoms. The number of ether oxygens (including phenoxy) is 1. The SMILES string of the molecule is COCC1(N)CCN(c2cccc3c2C[C@@H](CN(C)[C@H]2CCCc4cccnc42)NC3)CC1. The fourth-order valence-corrected chi connectivity index (χ4v) is 6.13. The number of nitrogens with two attached hydrogens (primary N) is 1. The molecule has 1 saturated heterocycles. The van der Waals surface area contributed by atoms with Crippen molar-refractivity contribution in [3.63, 3.8) is 0 Å². The van der Waals surface area contributed by atoms with Crippen LogP contribution in [0.4, 0.5) is 5.69 Å². The number of benzene rings is 1. The molecule has 1 aromatic heterocycles. The van der Waals surface area contributed by atoms with Crippen molar-refractivity contribution in [2.24, 2.45) is 5.73 Å². The van der Waals surface area contributed by atoms with Crippen molar-refractivity contribution in [1.29, 1.82) is 0 Å². The third-order valence-electron chi connectivity index (χ3n) is 8.02. The van der Waals surface area contributed by atoms with E-state index in [-0.39, 0.29) is 5.54 Å². The maximum atomic E-state index is 6.56. The Kier molecular flexibility index (Phi) is 6.70. The Labute approximate surface area is 198 Å². The summed E-state index contributed by atoms with van der Waals surface area (Å²) in [6, 6.07) is 12.0. The van der Waals surface area contributed by atoms with Crippen LogP contribution in [-0.2, 0) is 24.1 Å². The molecule has 5 rings (SSSR count). The predicted molar refractivity (Wildman–Crippen MR) is 134 cm³/mol. The van der Waals surface area contributed by atoms with Crippen molar-refractivity contribution in [1.82, 2.24) is 15.2 Å². The molecule has 2 atom stereocenters. The fraction of sp³-hybridized carbons (Fsp3) is 0.593. The molecule has 1 fully saturated rings. The van der Waals surface area contributed by atoms with E-state index in [1.54, 1.807) is 7.11 Å². The molecule has 0 bridgehead atoms. The Morgan fingerprint density at radius 2 is 2.03 bits per heavy atom. The molecule has 0 saturated carbocycles. The van der Waals surface area contributed by atoms with Crippen molar-refractivity contribution in [3.05, 3.63) is 58.9 Å². The highest BCUT2D eigenvalue weighted by atomic mass is 16.5. The molecule has 6 nitrogen and oxygen atoms in total. The van der Waals surface area contributed by atoms with E-state index in [0.29, 0.717) is 18.7 Å². The minimum Gasteiger partial charge on any atom is -0.383 e. The first-order valence-electron chi connectivity index (χ1n) is 12.6. The van der Waals surface area contributed by atoms with E-state index >= 15 is 0 Å². The molecule has 33 heavy (non-hydrogen) atoms. The number of hydrogen-bond donors (Lipinski definition) is 2. The van der Waals surface area contributed by atoms with E-state index in [1.807, 2.05) is 6.20 Å². The lowest BCUT2D eigenvalue weighted by molar-refractivity contribution is 0.116. The van der Waals surface area contributed by atoms with E-state index in [4.69, 9.17) is 15.5 Å². The van der Waals surface area contributed by atoms with Gasteiger partial charge in [-0.2, -0.15) is 0 Å². The molecule has 3 N–H and O–H groups in total. The lowest BCUT2D eigenvalue weighted by atomic mass is 9.87. The summed E-state index contributed by atoms with van der Waals surface area (Å²) in [5, 5.41) is 3.81. The predicted octanol–water partition coefficient (Wildman–Crippen LogP) is 3.05. The zero-order chi connectivity index (χ0) is 22.8. The van der Waals surface area contributed by atoms with Crippen LogP contribution >= 0.6 is 0 Å². The van der Waals surface area contributed by atoms with Gasteiger partial charge in [0, 0.05) is 56.8 Å². The van der Waals surface area contributed by atoms with Gasteiger partial charge in [-0.15, -0.1) is 0 Å². The standard InChI is InChI=1S/C27H39N5O/c1-31(25-10-3-6-20-8-5-13-29-26(20)25)18-22-16-23-21(17-30-22)7-4-9-24(23)32-14-11-27(28,12-15-32)19-33-2/h4-5,7-9,13,22,25,30H,3,6,10-12,14-19,28H2,1-2H3/t22-,25-/m0/s1. The van der Waals surface area contributed by atoms with Gasteiger partial charge in [0.15, 0.2) is 0 Å². The summed E-state index contributed by atoms with van der Waals surface area (Å²) in [6.07, 6.45) is 8.58. The molecule has 0 unspecified atom stereocenters. The number of aryl methyl sites for hydroxylation is 1. The number of likely N-dealkylation sites (N-methyl/N-ethyl adjacent to an activating group) is 1. The number of piperidine rings is 1. The summed E-state index contributed by atoms with van der Waals surface area (Å²) >= 11 is 0. The van der Waals surface area contributed by atoms with Crippen molar-refractivity contribution >= 4 is 5.69 Å². The van der Waals surface area contributed by atoms with Crippen LogP contribution in [0.5, 0.6) is 0 Å². The zero-order valence-corrected chi connectivity index (χ0v) is 20.2. The van der Waals surface area contributed by atoms with Gasteiger partial charge in [-0.3, -0.25) is 9.88 Å². The van der Waals surface area contributed by atoms with Gasteiger partial charge in [-0.05, 0) is 74.4 Å². The second kappa shape index (κ2) is 9.71. The van der Waals surface area contributed by atoms with Gasteiger partial charge in [-0.25, -0.2) is 0 Å². The summed E-state index contributed by atoms with van der Waals surface area (Å²) < 4.78 is 5.38. The van der Waals surface area contributed by atoms with Crippen LogP contribution in [0.25, 0.3) is 0 Å². The smallest absolute Gasteiger partial charge is 0.0643 e. The largest absolute Gasteiger partial charge is 0.383 e. The summed E-state index contributed by atoms with van der Waals surface area (Å²) in [4.78, 5) is 9.84. The number of aromatic nitrogens is 1. The molecule has 1 aromatic carbocycles. The second-order valence-corrected chi connectivity index (χ2v) is 10.4. The first-order chi connectivity index (χ1) is 16.1. The second-order valence-electron chi connectivity index (χ2n) is 10.4. The molecule has 2 aromatic rings. The van der Waals surface area contributed by atoms with Crippen LogP contribution < -0.4 is 16.0 Å².